The van der Waals surface area contributed by atoms with E-state index in [-0.39, 0.29) is 5.69 Å². The summed E-state index contributed by atoms with van der Waals surface area (Å²) in [6.45, 7) is 0. The van der Waals surface area contributed by atoms with Crippen molar-refractivity contribution < 1.29 is 14.3 Å². The molecule has 0 unspecified atom stereocenters. The number of rotatable bonds is 6. The maximum atomic E-state index is 11.0. The fourth-order valence-electron chi connectivity index (χ4n) is 2.41. The lowest BCUT2D eigenvalue weighted by Crippen LogP contribution is -2.00. The van der Waals surface area contributed by atoms with Crippen molar-refractivity contribution in [1.29, 1.82) is 0 Å². The molecule has 1 aromatic carbocycles. The lowest BCUT2D eigenvalue weighted by molar-refractivity contribution is 0.0691. The number of carbonyl (C=O) groups is 1. The van der Waals surface area contributed by atoms with Crippen LogP contribution in [0.15, 0.2) is 51.5 Å². The van der Waals surface area contributed by atoms with Gasteiger partial charge in [0, 0.05) is 10.4 Å². The summed E-state index contributed by atoms with van der Waals surface area (Å²) in [5.41, 5.74) is 0.675. The summed E-state index contributed by atoms with van der Waals surface area (Å²) in [5, 5.41) is 21.2. The number of aromatic nitrogens is 4. The molecule has 0 radical (unpaired) electrons. The lowest BCUT2D eigenvalue weighted by Gasteiger charge is -2.11. The first kappa shape index (κ1) is 19.0. The molecule has 0 aliphatic rings. The van der Waals surface area contributed by atoms with Gasteiger partial charge in [-0.15, -0.1) is 21.5 Å². The molecule has 0 fully saturated rings. The SMILES string of the molecule is O=C(O)c1csc(CSc2nnc(-c3ccco3)n2-c2ccc(Cl)cc2Cl)n1. The van der Waals surface area contributed by atoms with Crippen molar-refractivity contribution in [2.75, 3.05) is 0 Å². The fraction of sp³-hybridized carbons (Fsp3) is 0.0588. The van der Waals surface area contributed by atoms with Gasteiger partial charge in [0.15, 0.2) is 16.6 Å². The third-order valence-electron chi connectivity index (χ3n) is 3.62. The lowest BCUT2D eigenvalue weighted by atomic mass is 10.3. The van der Waals surface area contributed by atoms with Crippen molar-refractivity contribution in [3.63, 3.8) is 0 Å². The first-order valence-corrected chi connectivity index (χ1v) is 10.4. The Morgan fingerprint density at radius 3 is 2.82 bits per heavy atom. The third kappa shape index (κ3) is 3.79. The van der Waals surface area contributed by atoms with E-state index in [1.807, 2.05) is 0 Å². The summed E-state index contributed by atoms with van der Waals surface area (Å²) in [7, 11) is 0. The Kier molecular flexibility index (Phi) is 5.40. The second kappa shape index (κ2) is 7.96. The zero-order valence-electron chi connectivity index (χ0n) is 13.9. The van der Waals surface area contributed by atoms with Crippen molar-refractivity contribution in [2.24, 2.45) is 0 Å². The van der Waals surface area contributed by atoms with Crippen molar-refractivity contribution in [3.8, 4) is 17.3 Å². The van der Waals surface area contributed by atoms with Crippen LogP contribution in [0, 0.1) is 0 Å². The predicted molar refractivity (Wildman–Crippen MR) is 108 cm³/mol. The predicted octanol–water partition coefficient (Wildman–Crippen LogP) is 5.28. The molecule has 11 heteroatoms. The van der Waals surface area contributed by atoms with Gasteiger partial charge in [0.05, 0.1) is 22.7 Å². The fourth-order valence-corrected chi connectivity index (χ4v) is 4.63. The Labute approximate surface area is 176 Å². The first-order chi connectivity index (χ1) is 13.5. The van der Waals surface area contributed by atoms with Gasteiger partial charge in [-0.05, 0) is 30.3 Å². The summed E-state index contributed by atoms with van der Waals surface area (Å²) in [6.07, 6.45) is 1.55. The van der Waals surface area contributed by atoms with Gasteiger partial charge in [-0.1, -0.05) is 35.0 Å². The van der Waals surface area contributed by atoms with Gasteiger partial charge in [-0.2, -0.15) is 0 Å². The Balaban J connectivity index is 1.71. The average Bonchev–Trinajstić information content (AvgIpc) is 3.40. The quantitative estimate of drug-likeness (QED) is 0.397. The molecule has 142 valence electrons. The monoisotopic (exact) mass is 452 g/mol. The number of hydrogen-bond donors (Lipinski definition) is 1. The van der Waals surface area contributed by atoms with Crippen molar-refractivity contribution in [1.82, 2.24) is 19.7 Å². The van der Waals surface area contributed by atoms with Gasteiger partial charge < -0.3 is 9.52 Å². The van der Waals surface area contributed by atoms with Crippen molar-refractivity contribution in [3.05, 3.63) is 62.7 Å². The van der Waals surface area contributed by atoms with Crippen LogP contribution in [0.2, 0.25) is 10.0 Å². The largest absolute Gasteiger partial charge is 0.476 e. The van der Waals surface area contributed by atoms with Gasteiger partial charge >= 0.3 is 5.97 Å². The number of benzene rings is 1. The van der Waals surface area contributed by atoms with Crippen LogP contribution >= 0.6 is 46.3 Å². The Morgan fingerprint density at radius 2 is 2.14 bits per heavy atom. The van der Waals surface area contributed by atoms with E-state index in [9.17, 15) is 4.79 Å². The molecule has 0 saturated carbocycles. The molecule has 0 aliphatic heterocycles. The minimum Gasteiger partial charge on any atom is -0.476 e. The molecule has 0 bridgehead atoms. The Bertz CT molecular complexity index is 1140. The zero-order chi connectivity index (χ0) is 19.7. The number of carboxylic acid groups (broad SMARTS) is 1. The highest BCUT2D eigenvalue weighted by atomic mass is 35.5. The molecule has 3 aromatic heterocycles. The van der Waals surface area contributed by atoms with Crippen molar-refractivity contribution >= 4 is 52.3 Å². The van der Waals surface area contributed by atoms with Gasteiger partial charge in [0.25, 0.3) is 0 Å². The molecular formula is C17H10Cl2N4O3S2. The van der Waals surface area contributed by atoms with E-state index in [1.54, 1.807) is 41.2 Å². The molecule has 1 N–H and O–H groups in total. The van der Waals surface area contributed by atoms with Crippen LogP contribution in [-0.2, 0) is 5.75 Å². The third-order valence-corrected chi connectivity index (χ3v) is 6.13. The van der Waals surface area contributed by atoms with E-state index in [4.69, 9.17) is 32.7 Å². The smallest absolute Gasteiger partial charge is 0.355 e. The topological polar surface area (TPSA) is 94.0 Å². The van der Waals surface area contributed by atoms with E-state index in [1.165, 1.54) is 28.5 Å². The number of furan rings is 1. The van der Waals surface area contributed by atoms with Crippen LogP contribution in [0.5, 0.6) is 0 Å². The van der Waals surface area contributed by atoms with Crippen LogP contribution in [0.25, 0.3) is 17.3 Å². The number of hydrogen-bond acceptors (Lipinski definition) is 7. The minimum absolute atomic E-state index is 0.0269. The molecule has 0 atom stereocenters. The van der Waals surface area contributed by atoms with Crippen molar-refractivity contribution in [2.45, 2.75) is 10.9 Å². The second-order valence-electron chi connectivity index (χ2n) is 5.43. The molecule has 4 aromatic rings. The first-order valence-electron chi connectivity index (χ1n) is 7.78. The highest BCUT2D eigenvalue weighted by molar-refractivity contribution is 7.98. The zero-order valence-corrected chi connectivity index (χ0v) is 17.0. The molecule has 0 spiro atoms. The van der Waals surface area contributed by atoms with E-state index in [2.05, 4.69) is 15.2 Å². The van der Waals surface area contributed by atoms with E-state index < -0.39 is 5.97 Å². The Hall–Kier alpha value is -2.33. The minimum atomic E-state index is -1.05. The summed E-state index contributed by atoms with van der Waals surface area (Å²) >= 11 is 15.1. The normalized spacial score (nSPS) is 11.1. The molecular weight excluding hydrogens is 443 g/mol. The van der Waals surface area contributed by atoms with Gasteiger partial charge in [0.2, 0.25) is 5.82 Å². The van der Waals surface area contributed by atoms with E-state index in [0.717, 1.165) is 0 Å². The van der Waals surface area contributed by atoms with Crippen LogP contribution < -0.4 is 0 Å². The molecule has 7 nitrogen and oxygen atoms in total. The summed E-state index contributed by atoms with van der Waals surface area (Å²) < 4.78 is 7.25. The molecule has 0 saturated heterocycles. The molecule has 4 rings (SSSR count). The van der Waals surface area contributed by atoms with Gasteiger partial charge in [-0.3, -0.25) is 4.57 Å². The summed E-state index contributed by atoms with van der Waals surface area (Å²) in [4.78, 5) is 15.1. The summed E-state index contributed by atoms with van der Waals surface area (Å²) in [5.74, 6) is 0.401. The van der Waals surface area contributed by atoms with Crippen LogP contribution in [0.1, 0.15) is 15.5 Å². The molecule has 28 heavy (non-hydrogen) atoms. The summed E-state index contributed by atoms with van der Waals surface area (Å²) in [6, 6.07) is 8.67. The average molecular weight is 453 g/mol. The maximum absolute atomic E-state index is 11.0. The number of halogens is 2. The maximum Gasteiger partial charge on any atom is 0.355 e. The number of carboxylic acids is 1. The standard InChI is InChI=1S/C17H10Cl2N4O3S2/c18-9-3-4-12(10(19)6-9)23-15(13-2-1-5-26-13)21-22-17(23)28-8-14-20-11(7-27-14)16(24)25/h1-7H,8H2,(H,24,25). The molecule has 3 heterocycles. The number of nitrogens with zero attached hydrogens (tertiary/aromatic N) is 4. The van der Waals surface area contributed by atoms with Gasteiger partial charge in [-0.25, -0.2) is 9.78 Å². The highest BCUT2D eigenvalue weighted by Gasteiger charge is 2.20. The number of aromatic carboxylic acids is 1. The van der Waals surface area contributed by atoms with Crippen LogP contribution in [-0.4, -0.2) is 30.8 Å². The highest BCUT2D eigenvalue weighted by Crippen LogP contribution is 2.34. The second-order valence-corrected chi connectivity index (χ2v) is 8.16. The Morgan fingerprint density at radius 1 is 1.29 bits per heavy atom. The molecule has 0 amide bonds. The van der Waals surface area contributed by atoms with E-state index >= 15 is 0 Å². The van der Waals surface area contributed by atoms with Gasteiger partial charge in [0.1, 0.15) is 5.01 Å². The number of thiazole rings is 1. The van der Waals surface area contributed by atoms with Crippen LogP contribution in [0.4, 0.5) is 0 Å². The van der Waals surface area contributed by atoms with Crippen LogP contribution in [0.3, 0.4) is 0 Å². The molecule has 0 aliphatic carbocycles. The van der Waals surface area contributed by atoms with E-state index in [0.29, 0.717) is 43.2 Å². The number of thioether (sulfide) groups is 1.